The molecule has 2 aromatic rings. The first-order valence-electron chi connectivity index (χ1n) is 8.86. The normalized spacial score (nSPS) is 12.8. The number of para-hydroxylation sites is 1. The molecule has 3 rings (SSSR count). The van der Waals surface area contributed by atoms with Gasteiger partial charge >= 0.3 is 0 Å². The first-order valence-corrected chi connectivity index (χ1v) is 8.86. The second-order valence-electron chi connectivity index (χ2n) is 6.46. The lowest BCUT2D eigenvalue weighted by molar-refractivity contribution is -0.118. The minimum Gasteiger partial charge on any atom is -0.325 e. The first-order chi connectivity index (χ1) is 12.1. The van der Waals surface area contributed by atoms with Gasteiger partial charge in [-0.25, -0.2) is 0 Å². The molecule has 0 spiro atoms. The highest BCUT2D eigenvalue weighted by Crippen LogP contribution is 2.36. The predicted molar refractivity (Wildman–Crippen MR) is 101 cm³/mol. The van der Waals surface area contributed by atoms with Crippen LogP contribution >= 0.6 is 0 Å². The Kier molecular flexibility index (Phi) is 5.17. The molecule has 0 bridgehead atoms. The summed E-state index contributed by atoms with van der Waals surface area (Å²) in [6.07, 6.45) is 3.06. The van der Waals surface area contributed by atoms with Gasteiger partial charge in [-0.1, -0.05) is 43.3 Å². The molecule has 4 nitrogen and oxygen atoms in total. The third-order valence-corrected chi connectivity index (χ3v) is 4.66. The van der Waals surface area contributed by atoms with E-state index in [1.165, 1.54) is 18.1 Å². The zero-order valence-corrected chi connectivity index (χ0v) is 14.8. The van der Waals surface area contributed by atoms with Crippen LogP contribution < -0.4 is 10.2 Å². The lowest BCUT2D eigenvalue weighted by Crippen LogP contribution is -2.30. The number of anilines is 2. The second-order valence-corrected chi connectivity index (χ2v) is 6.46. The summed E-state index contributed by atoms with van der Waals surface area (Å²) in [5.74, 6) is -0.0140. The van der Waals surface area contributed by atoms with Crippen molar-refractivity contribution in [3.05, 3.63) is 59.2 Å². The summed E-state index contributed by atoms with van der Waals surface area (Å²) in [6, 6.07) is 14.3. The van der Waals surface area contributed by atoms with Gasteiger partial charge in [-0.2, -0.15) is 0 Å². The van der Waals surface area contributed by atoms with E-state index in [0.717, 1.165) is 36.2 Å². The van der Waals surface area contributed by atoms with Crippen LogP contribution in [0.25, 0.3) is 0 Å². The zero-order valence-electron chi connectivity index (χ0n) is 14.8. The molecule has 0 aromatic heterocycles. The third-order valence-electron chi connectivity index (χ3n) is 4.66. The maximum absolute atomic E-state index is 12.8. The van der Waals surface area contributed by atoms with Crippen molar-refractivity contribution in [2.24, 2.45) is 0 Å². The number of carbonyl (C=O) groups excluding carboxylic acids is 2. The summed E-state index contributed by atoms with van der Waals surface area (Å²) in [7, 11) is 0. The van der Waals surface area contributed by atoms with Gasteiger partial charge in [-0.15, -0.1) is 0 Å². The SMILES string of the molecule is CCc1ccc(CCC(=O)N2CCc3cccc(NC(C)=O)c32)cc1. The smallest absolute Gasteiger partial charge is 0.227 e. The van der Waals surface area contributed by atoms with Crippen molar-refractivity contribution in [1.82, 2.24) is 0 Å². The summed E-state index contributed by atoms with van der Waals surface area (Å²) in [5, 5.41) is 2.84. The molecule has 0 fully saturated rings. The van der Waals surface area contributed by atoms with E-state index in [1.807, 2.05) is 23.1 Å². The maximum Gasteiger partial charge on any atom is 0.227 e. The lowest BCUT2D eigenvalue weighted by Gasteiger charge is -2.20. The Morgan fingerprint density at radius 3 is 2.48 bits per heavy atom. The molecule has 0 atom stereocenters. The number of rotatable bonds is 5. The third kappa shape index (κ3) is 3.90. The topological polar surface area (TPSA) is 49.4 Å². The number of nitrogens with zero attached hydrogens (tertiary/aromatic N) is 1. The number of nitrogens with one attached hydrogen (secondary N) is 1. The molecule has 1 aliphatic rings. The van der Waals surface area contributed by atoms with E-state index >= 15 is 0 Å². The van der Waals surface area contributed by atoms with Gasteiger partial charge in [-0.3, -0.25) is 9.59 Å². The molecule has 0 radical (unpaired) electrons. The Morgan fingerprint density at radius 1 is 1.08 bits per heavy atom. The Morgan fingerprint density at radius 2 is 1.80 bits per heavy atom. The molecular formula is C21H24N2O2. The number of benzene rings is 2. The minimum atomic E-state index is -0.122. The highest BCUT2D eigenvalue weighted by molar-refractivity contribution is 6.02. The van der Waals surface area contributed by atoms with Crippen LogP contribution in [0.4, 0.5) is 11.4 Å². The molecule has 2 aromatic carbocycles. The molecule has 1 heterocycles. The van der Waals surface area contributed by atoms with E-state index in [-0.39, 0.29) is 11.8 Å². The standard InChI is InChI=1S/C21H24N2O2/c1-3-16-7-9-17(10-8-16)11-12-20(25)23-14-13-18-5-4-6-19(21(18)23)22-15(2)24/h4-10H,3,11-14H2,1-2H3,(H,22,24). The van der Waals surface area contributed by atoms with Gasteiger partial charge in [0.15, 0.2) is 0 Å². The molecular weight excluding hydrogens is 312 g/mol. The Labute approximate surface area is 148 Å². The van der Waals surface area contributed by atoms with Crippen LogP contribution in [-0.2, 0) is 28.9 Å². The Bertz CT molecular complexity index is 781. The first kappa shape index (κ1) is 17.2. The zero-order chi connectivity index (χ0) is 17.8. The van der Waals surface area contributed by atoms with E-state index in [0.29, 0.717) is 13.0 Å². The van der Waals surface area contributed by atoms with Crippen LogP contribution in [0.2, 0.25) is 0 Å². The van der Waals surface area contributed by atoms with Gasteiger partial charge in [0.2, 0.25) is 11.8 Å². The van der Waals surface area contributed by atoms with E-state index in [1.54, 1.807) is 0 Å². The minimum absolute atomic E-state index is 0.108. The van der Waals surface area contributed by atoms with Crippen LogP contribution in [0.3, 0.4) is 0 Å². The molecule has 130 valence electrons. The molecule has 0 saturated carbocycles. The average Bonchev–Trinajstić information content (AvgIpc) is 3.05. The fraction of sp³-hybridized carbons (Fsp3) is 0.333. The van der Waals surface area contributed by atoms with Crippen LogP contribution in [0.5, 0.6) is 0 Å². The van der Waals surface area contributed by atoms with E-state index in [9.17, 15) is 9.59 Å². The summed E-state index contributed by atoms with van der Waals surface area (Å²) < 4.78 is 0. The van der Waals surface area contributed by atoms with Crippen molar-refractivity contribution < 1.29 is 9.59 Å². The summed E-state index contributed by atoms with van der Waals surface area (Å²) in [5.41, 5.74) is 5.20. The Hall–Kier alpha value is -2.62. The van der Waals surface area contributed by atoms with Crippen LogP contribution in [0.1, 0.15) is 37.0 Å². The number of hydrogen-bond acceptors (Lipinski definition) is 2. The lowest BCUT2D eigenvalue weighted by atomic mass is 10.1. The molecule has 1 N–H and O–H groups in total. The molecule has 25 heavy (non-hydrogen) atoms. The number of amides is 2. The number of hydrogen-bond donors (Lipinski definition) is 1. The van der Waals surface area contributed by atoms with Gasteiger partial charge in [0.1, 0.15) is 0 Å². The van der Waals surface area contributed by atoms with Crippen LogP contribution in [0.15, 0.2) is 42.5 Å². The fourth-order valence-corrected chi connectivity index (χ4v) is 3.32. The summed E-state index contributed by atoms with van der Waals surface area (Å²) in [6.45, 7) is 4.30. The molecule has 0 saturated heterocycles. The molecule has 2 amide bonds. The van der Waals surface area contributed by atoms with E-state index < -0.39 is 0 Å². The van der Waals surface area contributed by atoms with Crippen LogP contribution in [0, 0.1) is 0 Å². The van der Waals surface area contributed by atoms with Gasteiger partial charge in [0, 0.05) is 19.9 Å². The van der Waals surface area contributed by atoms with Crippen molar-refractivity contribution in [2.45, 2.75) is 39.5 Å². The van der Waals surface area contributed by atoms with Crippen molar-refractivity contribution in [1.29, 1.82) is 0 Å². The quantitative estimate of drug-likeness (QED) is 0.904. The fourth-order valence-electron chi connectivity index (χ4n) is 3.32. The maximum atomic E-state index is 12.8. The van der Waals surface area contributed by atoms with Crippen LogP contribution in [-0.4, -0.2) is 18.4 Å². The van der Waals surface area contributed by atoms with Crippen molar-refractivity contribution in [3.8, 4) is 0 Å². The van der Waals surface area contributed by atoms with Crippen molar-refractivity contribution in [2.75, 3.05) is 16.8 Å². The molecule has 1 aliphatic heterocycles. The average molecular weight is 336 g/mol. The van der Waals surface area contributed by atoms with Gasteiger partial charge in [0.05, 0.1) is 11.4 Å². The van der Waals surface area contributed by atoms with Gasteiger partial charge < -0.3 is 10.2 Å². The summed E-state index contributed by atoms with van der Waals surface area (Å²) in [4.78, 5) is 26.0. The number of carbonyl (C=O) groups is 2. The monoisotopic (exact) mass is 336 g/mol. The number of aryl methyl sites for hydroxylation is 2. The predicted octanol–water partition coefficient (Wildman–Crippen LogP) is 3.73. The summed E-state index contributed by atoms with van der Waals surface area (Å²) >= 11 is 0. The Balaban J connectivity index is 1.71. The highest BCUT2D eigenvalue weighted by Gasteiger charge is 2.27. The molecule has 0 unspecified atom stereocenters. The largest absolute Gasteiger partial charge is 0.325 e. The second kappa shape index (κ2) is 7.51. The van der Waals surface area contributed by atoms with Gasteiger partial charge in [0.25, 0.3) is 0 Å². The molecule has 0 aliphatic carbocycles. The number of fused-ring (bicyclic) bond motifs is 1. The van der Waals surface area contributed by atoms with E-state index in [2.05, 4.69) is 36.5 Å². The highest BCUT2D eigenvalue weighted by atomic mass is 16.2. The van der Waals surface area contributed by atoms with E-state index in [4.69, 9.17) is 0 Å². The molecule has 4 heteroatoms. The van der Waals surface area contributed by atoms with Gasteiger partial charge in [-0.05, 0) is 42.0 Å². The van der Waals surface area contributed by atoms with Crippen molar-refractivity contribution in [3.63, 3.8) is 0 Å². The van der Waals surface area contributed by atoms with Crippen molar-refractivity contribution >= 4 is 23.2 Å².